The summed E-state index contributed by atoms with van der Waals surface area (Å²) in [5.41, 5.74) is 8.46. The van der Waals surface area contributed by atoms with Crippen LogP contribution in [0, 0.1) is 0 Å². The zero-order valence-corrected chi connectivity index (χ0v) is 10.8. The minimum Gasteiger partial charge on any atom is -0.493 e. The molecule has 3 nitrogen and oxygen atoms in total. The summed E-state index contributed by atoms with van der Waals surface area (Å²) in [5.74, 6) is 2.81. The first-order valence-electron chi connectivity index (χ1n) is 6.17. The van der Waals surface area contributed by atoms with Gasteiger partial charge in [-0.3, -0.25) is 0 Å². The molecule has 0 bridgehead atoms. The summed E-state index contributed by atoms with van der Waals surface area (Å²) in [6, 6.07) is 4.24. The smallest absolute Gasteiger partial charge is 0.161 e. The summed E-state index contributed by atoms with van der Waals surface area (Å²) < 4.78 is 10.7. The lowest BCUT2D eigenvalue weighted by Gasteiger charge is -2.14. The van der Waals surface area contributed by atoms with Gasteiger partial charge in [0.2, 0.25) is 0 Å². The van der Waals surface area contributed by atoms with E-state index in [1.807, 2.05) is 0 Å². The van der Waals surface area contributed by atoms with Crippen molar-refractivity contribution in [3.63, 3.8) is 0 Å². The van der Waals surface area contributed by atoms with Crippen LogP contribution in [0.1, 0.15) is 42.7 Å². The molecule has 94 valence electrons. The average Bonchev–Trinajstić information content (AvgIpc) is 2.65. The number of hydrogen-bond acceptors (Lipinski definition) is 3. The standard InChI is InChI=1S/C14H21NO2/c1-9-6-10(4-5-15)12-8-14(17-3)13(16-2)7-11(9)12/h7-10H,4-6,15H2,1-3H3. The molecule has 1 aromatic rings. The van der Waals surface area contributed by atoms with Gasteiger partial charge in [-0.2, -0.15) is 0 Å². The van der Waals surface area contributed by atoms with Crippen molar-refractivity contribution >= 4 is 0 Å². The first-order valence-corrected chi connectivity index (χ1v) is 6.17. The molecule has 1 aromatic carbocycles. The van der Waals surface area contributed by atoms with Crippen LogP contribution in [0.4, 0.5) is 0 Å². The monoisotopic (exact) mass is 235 g/mol. The lowest BCUT2D eigenvalue weighted by Crippen LogP contribution is -2.05. The molecule has 0 aliphatic heterocycles. The molecule has 2 rings (SSSR count). The molecule has 0 heterocycles. The van der Waals surface area contributed by atoms with Crippen LogP contribution in [0.2, 0.25) is 0 Å². The quantitative estimate of drug-likeness (QED) is 0.872. The van der Waals surface area contributed by atoms with Crippen molar-refractivity contribution in [3.8, 4) is 11.5 Å². The summed E-state index contributed by atoms with van der Waals surface area (Å²) >= 11 is 0. The van der Waals surface area contributed by atoms with Crippen LogP contribution in [0.3, 0.4) is 0 Å². The molecular formula is C14H21NO2. The van der Waals surface area contributed by atoms with Crippen LogP contribution in [-0.2, 0) is 0 Å². The van der Waals surface area contributed by atoms with Crippen LogP contribution in [0.5, 0.6) is 11.5 Å². The zero-order valence-electron chi connectivity index (χ0n) is 10.8. The van der Waals surface area contributed by atoms with E-state index in [0.29, 0.717) is 11.8 Å². The number of nitrogens with two attached hydrogens (primary N) is 1. The van der Waals surface area contributed by atoms with Gasteiger partial charge in [-0.25, -0.2) is 0 Å². The summed E-state index contributed by atoms with van der Waals surface area (Å²) in [5, 5.41) is 0. The maximum Gasteiger partial charge on any atom is 0.161 e. The maximum atomic E-state index is 5.68. The predicted molar refractivity (Wildman–Crippen MR) is 69.0 cm³/mol. The predicted octanol–water partition coefficient (Wildman–Crippen LogP) is 2.64. The van der Waals surface area contributed by atoms with Crippen molar-refractivity contribution in [2.75, 3.05) is 20.8 Å². The van der Waals surface area contributed by atoms with Gasteiger partial charge in [0, 0.05) is 0 Å². The fourth-order valence-electron chi connectivity index (χ4n) is 2.85. The molecule has 1 aliphatic carbocycles. The lowest BCUT2D eigenvalue weighted by molar-refractivity contribution is 0.354. The number of fused-ring (bicyclic) bond motifs is 1. The van der Waals surface area contributed by atoms with Crippen molar-refractivity contribution in [2.24, 2.45) is 5.73 Å². The van der Waals surface area contributed by atoms with Gasteiger partial charge in [0.1, 0.15) is 0 Å². The van der Waals surface area contributed by atoms with E-state index >= 15 is 0 Å². The maximum absolute atomic E-state index is 5.68. The molecule has 2 atom stereocenters. The molecule has 1 aliphatic rings. The Balaban J connectivity index is 2.43. The highest BCUT2D eigenvalue weighted by molar-refractivity contribution is 5.51. The Morgan fingerprint density at radius 2 is 1.76 bits per heavy atom. The van der Waals surface area contributed by atoms with Gasteiger partial charge in [0.05, 0.1) is 14.2 Å². The zero-order chi connectivity index (χ0) is 12.4. The van der Waals surface area contributed by atoms with Crippen molar-refractivity contribution in [1.82, 2.24) is 0 Å². The molecule has 0 fully saturated rings. The third-order valence-corrected chi connectivity index (χ3v) is 3.71. The molecule has 2 unspecified atom stereocenters. The van der Waals surface area contributed by atoms with Crippen LogP contribution in [-0.4, -0.2) is 20.8 Å². The van der Waals surface area contributed by atoms with E-state index < -0.39 is 0 Å². The Morgan fingerprint density at radius 3 is 2.29 bits per heavy atom. The second-order valence-corrected chi connectivity index (χ2v) is 4.75. The second kappa shape index (κ2) is 4.96. The average molecular weight is 235 g/mol. The van der Waals surface area contributed by atoms with Gasteiger partial charge in [-0.1, -0.05) is 6.92 Å². The van der Waals surface area contributed by atoms with E-state index in [1.54, 1.807) is 14.2 Å². The van der Waals surface area contributed by atoms with E-state index in [2.05, 4.69) is 19.1 Å². The Hall–Kier alpha value is -1.22. The fourth-order valence-corrected chi connectivity index (χ4v) is 2.85. The van der Waals surface area contributed by atoms with Crippen LogP contribution in [0.15, 0.2) is 12.1 Å². The normalized spacial score (nSPS) is 22.4. The molecule has 0 amide bonds. The van der Waals surface area contributed by atoms with Crippen LogP contribution in [0.25, 0.3) is 0 Å². The molecule has 2 N–H and O–H groups in total. The highest BCUT2D eigenvalue weighted by Crippen LogP contribution is 2.47. The topological polar surface area (TPSA) is 44.5 Å². The highest BCUT2D eigenvalue weighted by Gasteiger charge is 2.29. The molecule has 0 spiro atoms. The van der Waals surface area contributed by atoms with Gasteiger partial charge < -0.3 is 15.2 Å². The summed E-state index contributed by atoms with van der Waals surface area (Å²) in [6.45, 7) is 3.01. The van der Waals surface area contributed by atoms with Gasteiger partial charge >= 0.3 is 0 Å². The van der Waals surface area contributed by atoms with Gasteiger partial charge in [0.15, 0.2) is 11.5 Å². The minimum atomic E-state index is 0.574. The van der Waals surface area contributed by atoms with E-state index in [4.69, 9.17) is 15.2 Å². The molecule has 0 radical (unpaired) electrons. The van der Waals surface area contributed by atoms with E-state index in [0.717, 1.165) is 24.5 Å². The largest absolute Gasteiger partial charge is 0.493 e. The number of rotatable bonds is 4. The first-order chi connectivity index (χ1) is 8.21. The number of methoxy groups -OCH3 is 2. The third kappa shape index (κ3) is 2.12. The molecule has 0 saturated carbocycles. The number of ether oxygens (including phenoxy) is 2. The lowest BCUT2D eigenvalue weighted by atomic mass is 9.97. The van der Waals surface area contributed by atoms with E-state index in [-0.39, 0.29) is 0 Å². The summed E-state index contributed by atoms with van der Waals surface area (Å²) in [4.78, 5) is 0. The summed E-state index contributed by atoms with van der Waals surface area (Å²) in [7, 11) is 3.36. The number of hydrogen-bond donors (Lipinski definition) is 1. The van der Waals surface area contributed by atoms with Crippen molar-refractivity contribution in [1.29, 1.82) is 0 Å². The van der Waals surface area contributed by atoms with Crippen molar-refractivity contribution in [3.05, 3.63) is 23.3 Å². The molecule has 0 saturated heterocycles. The Morgan fingerprint density at radius 1 is 1.18 bits per heavy atom. The Labute approximate surface area is 103 Å². The minimum absolute atomic E-state index is 0.574. The summed E-state index contributed by atoms with van der Waals surface area (Å²) in [6.07, 6.45) is 2.23. The van der Waals surface area contributed by atoms with E-state index in [1.165, 1.54) is 17.5 Å². The first kappa shape index (κ1) is 12.2. The van der Waals surface area contributed by atoms with Crippen molar-refractivity contribution in [2.45, 2.75) is 31.6 Å². The highest BCUT2D eigenvalue weighted by atomic mass is 16.5. The third-order valence-electron chi connectivity index (χ3n) is 3.71. The number of benzene rings is 1. The molecule has 17 heavy (non-hydrogen) atoms. The van der Waals surface area contributed by atoms with Gasteiger partial charge in [-0.05, 0) is 54.5 Å². The van der Waals surface area contributed by atoms with Crippen LogP contribution < -0.4 is 15.2 Å². The van der Waals surface area contributed by atoms with Gasteiger partial charge in [-0.15, -0.1) is 0 Å². The molecule has 0 aromatic heterocycles. The Bertz CT molecular complexity index is 403. The van der Waals surface area contributed by atoms with Crippen LogP contribution >= 0.6 is 0 Å². The van der Waals surface area contributed by atoms with Gasteiger partial charge in [0.25, 0.3) is 0 Å². The molecule has 3 heteroatoms. The SMILES string of the molecule is COc1cc2c(cc1OC)C(CCN)CC2C. The Kier molecular flexibility index (Phi) is 3.57. The molecular weight excluding hydrogens is 214 g/mol. The fraction of sp³-hybridized carbons (Fsp3) is 0.571. The van der Waals surface area contributed by atoms with Crippen molar-refractivity contribution < 1.29 is 9.47 Å². The second-order valence-electron chi connectivity index (χ2n) is 4.75. The van der Waals surface area contributed by atoms with E-state index in [9.17, 15) is 0 Å².